The number of nitrogens with one attached hydrogen (secondary N) is 1. The van der Waals surface area contributed by atoms with Crippen LogP contribution in [0.1, 0.15) is 25.7 Å². The summed E-state index contributed by atoms with van der Waals surface area (Å²) in [5.41, 5.74) is 0.928. The molecule has 0 unspecified atom stereocenters. The lowest BCUT2D eigenvalue weighted by Gasteiger charge is -2.29. The van der Waals surface area contributed by atoms with Crippen LogP contribution in [0.3, 0.4) is 0 Å². The molecule has 1 aromatic carbocycles. The molecule has 1 fully saturated rings. The third kappa shape index (κ3) is 3.87. The maximum atomic E-state index is 12.2. The second-order valence-corrected chi connectivity index (χ2v) is 7.61. The fourth-order valence-corrected chi connectivity index (χ4v) is 3.95. The summed E-state index contributed by atoms with van der Waals surface area (Å²) < 4.78 is 7.20. The smallest absolute Gasteiger partial charge is 0.225 e. The van der Waals surface area contributed by atoms with E-state index in [-0.39, 0.29) is 17.9 Å². The number of amides is 1. The number of rotatable bonds is 5. The van der Waals surface area contributed by atoms with Crippen molar-refractivity contribution in [1.29, 1.82) is 0 Å². The first kappa shape index (κ1) is 19.2. The van der Waals surface area contributed by atoms with Gasteiger partial charge in [-0.1, -0.05) is 6.07 Å². The number of hydrogen-bond donors (Lipinski definition) is 1. The van der Waals surface area contributed by atoms with Gasteiger partial charge in [-0.15, -0.1) is 0 Å². The van der Waals surface area contributed by atoms with E-state index in [1.54, 1.807) is 29.1 Å². The highest BCUT2D eigenvalue weighted by Gasteiger charge is 2.27. The van der Waals surface area contributed by atoms with Crippen LogP contribution in [0.15, 0.2) is 36.7 Å². The average molecular weight is 394 g/mol. The van der Waals surface area contributed by atoms with Crippen molar-refractivity contribution in [3.05, 3.63) is 36.7 Å². The molecule has 1 aliphatic rings. The molecule has 1 N–H and O–H groups in total. The molecular formula is C21H26N6O2. The van der Waals surface area contributed by atoms with Crippen molar-refractivity contribution >= 4 is 22.8 Å². The SMILES string of the molecule is COc1cccc2c1cnn2-c1ccnc(N[C@H]2CC[C@H](C(=O)N(C)C)CC2)n1. The topological polar surface area (TPSA) is 85.2 Å². The number of ether oxygens (including phenoxy) is 1. The third-order valence-corrected chi connectivity index (χ3v) is 5.50. The Labute approximate surface area is 169 Å². The molecule has 0 atom stereocenters. The molecule has 2 heterocycles. The van der Waals surface area contributed by atoms with Crippen LogP contribution in [0.4, 0.5) is 5.95 Å². The summed E-state index contributed by atoms with van der Waals surface area (Å²) in [6, 6.07) is 7.95. The Morgan fingerprint density at radius 1 is 1.21 bits per heavy atom. The third-order valence-electron chi connectivity index (χ3n) is 5.50. The standard InChI is InChI=1S/C21H26N6O2/c1-26(2)20(28)14-7-9-15(10-8-14)24-21-22-12-11-19(25-21)27-17-5-4-6-18(29-3)16(17)13-23-27/h4-6,11-15H,7-10H2,1-3H3,(H,22,24,25)/t14-,15-. The van der Waals surface area contributed by atoms with E-state index in [1.807, 2.05) is 38.4 Å². The van der Waals surface area contributed by atoms with Gasteiger partial charge in [0.15, 0.2) is 5.82 Å². The van der Waals surface area contributed by atoms with Crippen LogP contribution in [0.2, 0.25) is 0 Å². The van der Waals surface area contributed by atoms with Gasteiger partial charge in [0.25, 0.3) is 0 Å². The summed E-state index contributed by atoms with van der Waals surface area (Å²) in [4.78, 5) is 22.9. The molecule has 2 aromatic heterocycles. The van der Waals surface area contributed by atoms with Gasteiger partial charge in [0.05, 0.1) is 24.2 Å². The number of carbonyl (C=O) groups excluding carboxylic acids is 1. The van der Waals surface area contributed by atoms with E-state index in [1.165, 1.54) is 0 Å². The molecule has 4 rings (SSSR count). The maximum absolute atomic E-state index is 12.2. The van der Waals surface area contributed by atoms with Gasteiger partial charge < -0.3 is 15.0 Å². The van der Waals surface area contributed by atoms with Gasteiger partial charge in [-0.2, -0.15) is 10.1 Å². The Morgan fingerprint density at radius 3 is 2.72 bits per heavy atom. The van der Waals surface area contributed by atoms with Crippen molar-refractivity contribution in [2.75, 3.05) is 26.5 Å². The van der Waals surface area contributed by atoms with E-state index in [2.05, 4.69) is 20.4 Å². The zero-order valence-electron chi connectivity index (χ0n) is 17.0. The van der Waals surface area contributed by atoms with Crippen LogP contribution in [0, 0.1) is 5.92 Å². The molecule has 8 nitrogen and oxygen atoms in total. The predicted octanol–water partition coefficient (Wildman–Crippen LogP) is 2.88. The molecule has 0 radical (unpaired) electrons. The molecule has 1 aliphatic carbocycles. The van der Waals surface area contributed by atoms with E-state index in [0.29, 0.717) is 11.8 Å². The molecule has 0 spiro atoms. The summed E-state index contributed by atoms with van der Waals surface area (Å²) in [7, 11) is 5.29. The molecule has 1 amide bonds. The summed E-state index contributed by atoms with van der Waals surface area (Å²) in [6.07, 6.45) is 7.15. The summed E-state index contributed by atoms with van der Waals surface area (Å²) in [6.45, 7) is 0. The Bertz CT molecular complexity index is 1010. The van der Waals surface area contributed by atoms with Crippen molar-refractivity contribution in [1.82, 2.24) is 24.6 Å². The molecular weight excluding hydrogens is 368 g/mol. The molecule has 3 aromatic rings. The highest BCUT2D eigenvalue weighted by molar-refractivity contribution is 5.86. The lowest BCUT2D eigenvalue weighted by molar-refractivity contribution is -0.133. The van der Waals surface area contributed by atoms with Gasteiger partial charge in [-0.3, -0.25) is 4.79 Å². The average Bonchev–Trinajstić information content (AvgIpc) is 3.18. The van der Waals surface area contributed by atoms with Gasteiger partial charge in [-0.05, 0) is 37.8 Å². The fourth-order valence-electron chi connectivity index (χ4n) is 3.95. The minimum atomic E-state index is 0.126. The predicted molar refractivity (Wildman–Crippen MR) is 111 cm³/mol. The van der Waals surface area contributed by atoms with Crippen LogP contribution < -0.4 is 10.1 Å². The molecule has 1 saturated carbocycles. The second-order valence-electron chi connectivity index (χ2n) is 7.61. The fraction of sp³-hybridized carbons (Fsp3) is 0.429. The maximum Gasteiger partial charge on any atom is 0.225 e. The number of anilines is 1. The second kappa shape index (κ2) is 8.06. The van der Waals surface area contributed by atoms with Crippen molar-refractivity contribution < 1.29 is 9.53 Å². The van der Waals surface area contributed by atoms with Crippen molar-refractivity contribution in [3.63, 3.8) is 0 Å². The largest absolute Gasteiger partial charge is 0.496 e. The summed E-state index contributed by atoms with van der Waals surface area (Å²) >= 11 is 0. The van der Waals surface area contributed by atoms with Gasteiger partial charge in [0, 0.05) is 38.3 Å². The highest BCUT2D eigenvalue weighted by Crippen LogP contribution is 2.28. The number of hydrogen-bond acceptors (Lipinski definition) is 6. The van der Waals surface area contributed by atoms with E-state index in [0.717, 1.165) is 42.3 Å². The number of benzene rings is 1. The number of methoxy groups -OCH3 is 1. The van der Waals surface area contributed by atoms with Gasteiger partial charge in [0.2, 0.25) is 11.9 Å². The van der Waals surface area contributed by atoms with E-state index >= 15 is 0 Å². The minimum Gasteiger partial charge on any atom is -0.496 e. The summed E-state index contributed by atoms with van der Waals surface area (Å²) in [5.74, 6) is 2.41. The molecule has 152 valence electrons. The van der Waals surface area contributed by atoms with Crippen LogP contribution in [0.5, 0.6) is 5.75 Å². The van der Waals surface area contributed by atoms with Gasteiger partial charge in [0.1, 0.15) is 5.75 Å². The van der Waals surface area contributed by atoms with E-state index in [9.17, 15) is 4.79 Å². The lowest BCUT2D eigenvalue weighted by atomic mass is 9.85. The Kier molecular flexibility index (Phi) is 5.33. The first-order valence-corrected chi connectivity index (χ1v) is 9.88. The van der Waals surface area contributed by atoms with Crippen LogP contribution in [-0.2, 0) is 4.79 Å². The Balaban J connectivity index is 1.49. The van der Waals surface area contributed by atoms with E-state index in [4.69, 9.17) is 4.74 Å². The number of nitrogens with zero attached hydrogens (tertiary/aromatic N) is 5. The number of aromatic nitrogens is 4. The summed E-state index contributed by atoms with van der Waals surface area (Å²) in [5, 5.41) is 8.85. The Hall–Kier alpha value is -3.16. The molecule has 29 heavy (non-hydrogen) atoms. The Morgan fingerprint density at radius 2 is 2.00 bits per heavy atom. The molecule has 0 aliphatic heterocycles. The van der Waals surface area contributed by atoms with Gasteiger partial charge in [-0.25, -0.2) is 9.67 Å². The van der Waals surface area contributed by atoms with Gasteiger partial charge >= 0.3 is 0 Å². The number of carbonyl (C=O) groups is 1. The molecule has 0 saturated heterocycles. The van der Waals surface area contributed by atoms with Crippen LogP contribution in [0.25, 0.3) is 16.7 Å². The molecule has 0 bridgehead atoms. The number of fused-ring (bicyclic) bond motifs is 1. The lowest BCUT2D eigenvalue weighted by Crippen LogP contribution is -2.35. The van der Waals surface area contributed by atoms with Crippen molar-refractivity contribution in [2.24, 2.45) is 5.92 Å². The zero-order chi connectivity index (χ0) is 20.4. The highest BCUT2D eigenvalue weighted by atomic mass is 16.5. The van der Waals surface area contributed by atoms with Crippen LogP contribution >= 0.6 is 0 Å². The minimum absolute atomic E-state index is 0.126. The first-order chi connectivity index (χ1) is 14.1. The quantitative estimate of drug-likeness (QED) is 0.716. The monoisotopic (exact) mass is 394 g/mol. The van der Waals surface area contributed by atoms with E-state index < -0.39 is 0 Å². The zero-order valence-corrected chi connectivity index (χ0v) is 17.0. The van der Waals surface area contributed by atoms with Crippen molar-refractivity contribution in [2.45, 2.75) is 31.7 Å². The van der Waals surface area contributed by atoms with Crippen molar-refractivity contribution in [3.8, 4) is 11.6 Å². The normalized spacial score (nSPS) is 19.1. The first-order valence-electron chi connectivity index (χ1n) is 9.88. The van der Waals surface area contributed by atoms with Crippen LogP contribution in [-0.4, -0.2) is 57.8 Å². The molecule has 8 heteroatoms.